The van der Waals surface area contributed by atoms with Crippen LogP contribution in [0.15, 0.2) is 67.1 Å². The predicted molar refractivity (Wildman–Crippen MR) is 116 cm³/mol. The number of anilines is 1. The Morgan fingerprint density at radius 2 is 1.67 bits per heavy atom. The Balaban J connectivity index is 1.36. The molecule has 4 aromatic rings. The number of fused-ring (bicyclic) bond motifs is 3. The van der Waals surface area contributed by atoms with Crippen molar-refractivity contribution in [2.75, 3.05) is 5.32 Å². The molecule has 1 atom stereocenters. The molecule has 1 N–H and O–H groups in total. The fraction of sp³-hybridized carbons (Fsp3) is 0.0833. The zero-order chi connectivity index (χ0) is 23.1. The standard InChI is InChI=1S/C24H16N4O5/c1-13(33-24(32)14-9-10-19-27-25-12-28(19)11-14)23(31)26-18-8-4-7-17-20(18)22(30)16-6-3-2-5-15(16)21(17)29/h2-13H,1H3,(H,26,31). The van der Waals surface area contributed by atoms with Crippen molar-refractivity contribution in [1.29, 1.82) is 0 Å². The Kier molecular flexibility index (Phi) is 4.78. The minimum Gasteiger partial charge on any atom is -0.449 e. The van der Waals surface area contributed by atoms with E-state index in [2.05, 4.69) is 15.5 Å². The molecule has 9 nitrogen and oxygen atoms in total. The number of benzene rings is 2. The van der Waals surface area contributed by atoms with Gasteiger partial charge in [-0.1, -0.05) is 36.4 Å². The van der Waals surface area contributed by atoms with Crippen molar-refractivity contribution in [2.24, 2.45) is 0 Å². The maximum Gasteiger partial charge on any atom is 0.340 e. The number of carbonyl (C=O) groups excluding carboxylic acids is 4. The number of esters is 1. The topological polar surface area (TPSA) is 120 Å². The molecule has 0 radical (unpaired) electrons. The van der Waals surface area contributed by atoms with Crippen LogP contribution in [-0.2, 0) is 9.53 Å². The van der Waals surface area contributed by atoms with E-state index in [1.165, 1.54) is 31.6 Å². The number of amides is 1. The van der Waals surface area contributed by atoms with Crippen molar-refractivity contribution in [3.8, 4) is 0 Å². The number of ether oxygens (including phenoxy) is 1. The Labute approximate surface area is 187 Å². The number of nitrogens with zero attached hydrogens (tertiary/aromatic N) is 3. The van der Waals surface area contributed by atoms with Gasteiger partial charge in [0.15, 0.2) is 23.3 Å². The highest BCUT2D eigenvalue weighted by Gasteiger charge is 2.32. The monoisotopic (exact) mass is 440 g/mol. The Hall–Kier alpha value is -4.66. The highest BCUT2D eigenvalue weighted by molar-refractivity contribution is 6.30. The normalized spacial score (nSPS) is 13.2. The molecule has 0 saturated carbocycles. The van der Waals surface area contributed by atoms with Crippen LogP contribution in [0.4, 0.5) is 5.69 Å². The lowest BCUT2D eigenvalue weighted by Gasteiger charge is -2.21. The third kappa shape index (κ3) is 3.45. The maximum absolute atomic E-state index is 13.1. The van der Waals surface area contributed by atoms with Crippen molar-refractivity contribution in [2.45, 2.75) is 13.0 Å². The summed E-state index contributed by atoms with van der Waals surface area (Å²) in [6.07, 6.45) is 1.78. The molecule has 2 aromatic carbocycles. The molecular formula is C24H16N4O5. The van der Waals surface area contributed by atoms with Gasteiger partial charge in [-0.3, -0.25) is 18.8 Å². The molecule has 162 valence electrons. The van der Waals surface area contributed by atoms with Crippen molar-refractivity contribution >= 4 is 34.8 Å². The van der Waals surface area contributed by atoms with E-state index < -0.39 is 18.0 Å². The molecule has 0 fully saturated rings. The summed E-state index contributed by atoms with van der Waals surface area (Å²) in [6, 6.07) is 14.3. The van der Waals surface area contributed by atoms with Gasteiger partial charge in [0.05, 0.1) is 16.8 Å². The molecule has 0 bridgehead atoms. The quantitative estimate of drug-likeness (QED) is 0.427. The fourth-order valence-corrected chi connectivity index (χ4v) is 3.71. The molecule has 1 unspecified atom stereocenters. The number of pyridine rings is 1. The SMILES string of the molecule is CC(OC(=O)c1ccc2nncn2c1)C(=O)Nc1cccc2c1C(=O)c1ccccc1C2=O. The minimum absolute atomic E-state index is 0.117. The molecule has 0 saturated heterocycles. The van der Waals surface area contributed by atoms with Crippen LogP contribution in [0.25, 0.3) is 5.65 Å². The smallest absolute Gasteiger partial charge is 0.340 e. The first-order chi connectivity index (χ1) is 15.9. The molecule has 0 spiro atoms. The summed E-state index contributed by atoms with van der Waals surface area (Å²) in [5, 5.41) is 10.2. The number of rotatable bonds is 4. The summed E-state index contributed by atoms with van der Waals surface area (Å²) in [4.78, 5) is 51.2. The molecule has 9 heteroatoms. The van der Waals surface area contributed by atoms with Crippen LogP contribution in [0.3, 0.4) is 0 Å². The Morgan fingerprint density at radius 1 is 0.939 bits per heavy atom. The maximum atomic E-state index is 13.1. The lowest BCUT2D eigenvalue weighted by atomic mass is 9.83. The molecule has 1 amide bonds. The van der Waals surface area contributed by atoms with E-state index in [4.69, 9.17) is 4.74 Å². The summed E-state index contributed by atoms with van der Waals surface area (Å²) in [7, 11) is 0. The molecule has 33 heavy (non-hydrogen) atoms. The number of carbonyl (C=O) groups is 4. The van der Waals surface area contributed by atoms with Gasteiger partial charge in [-0.2, -0.15) is 0 Å². The molecule has 2 aromatic heterocycles. The van der Waals surface area contributed by atoms with Gasteiger partial charge >= 0.3 is 5.97 Å². The van der Waals surface area contributed by atoms with Gasteiger partial charge in [0.2, 0.25) is 0 Å². The molecule has 1 aliphatic rings. The number of aromatic nitrogens is 3. The van der Waals surface area contributed by atoms with Crippen molar-refractivity contribution in [1.82, 2.24) is 14.6 Å². The summed E-state index contributed by atoms with van der Waals surface area (Å²) in [6.45, 7) is 1.42. The van der Waals surface area contributed by atoms with Gasteiger partial charge in [-0.15, -0.1) is 10.2 Å². The lowest BCUT2D eigenvalue weighted by molar-refractivity contribution is -0.123. The van der Waals surface area contributed by atoms with Crippen LogP contribution in [0.2, 0.25) is 0 Å². The Bertz CT molecular complexity index is 1470. The summed E-state index contributed by atoms with van der Waals surface area (Å²) in [5.74, 6) is -1.99. The van der Waals surface area contributed by atoms with Crippen molar-refractivity contribution < 1.29 is 23.9 Å². The summed E-state index contributed by atoms with van der Waals surface area (Å²) in [5.41, 5.74) is 1.89. The first kappa shape index (κ1) is 20.3. The second-order valence-electron chi connectivity index (χ2n) is 7.48. The van der Waals surface area contributed by atoms with Crippen LogP contribution < -0.4 is 5.32 Å². The van der Waals surface area contributed by atoms with E-state index in [0.29, 0.717) is 11.2 Å². The van der Waals surface area contributed by atoms with Gasteiger partial charge in [0.25, 0.3) is 5.91 Å². The van der Waals surface area contributed by atoms with E-state index in [-0.39, 0.29) is 39.5 Å². The number of ketones is 2. The third-order valence-electron chi connectivity index (χ3n) is 5.39. The molecule has 5 rings (SSSR count). The lowest BCUT2D eigenvalue weighted by Crippen LogP contribution is -2.31. The molecule has 1 aliphatic carbocycles. The average molecular weight is 440 g/mol. The van der Waals surface area contributed by atoms with Gasteiger partial charge in [-0.25, -0.2) is 4.79 Å². The average Bonchev–Trinajstić information content (AvgIpc) is 3.30. The van der Waals surface area contributed by atoms with Crippen molar-refractivity contribution in [3.05, 3.63) is 94.9 Å². The second-order valence-corrected chi connectivity index (χ2v) is 7.48. The van der Waals surface area contributed by atoms with E-state index >= 15 is 0 Å². The summed E-state index contributed by atoms with van der Waals surface area (Å²) < 4.78 is 6.84. The van der Waals surface area contributed by atoms with Crippen LogP contribution in [0, 0.1) is 0 Å². The fourth-order valence-electron chi connectivity index (χ4n) is 3.71. The zero-order valence-electron chi connectivity index (χ0n) is 17.3. The number of hydrogen-bond donors (Lipinski definition) is 1. The molecule has 2 heterocycles. The van der Waals surface area contributed by atoms with Gasteiger partial charge in [0.1, 0.15) is 6.33 Å². The van der Waals surface area contributed by atoms with Gasteiger partial charge < -0.3 is 10.1 Å². The van der Waals surface area contributed by atoms with E-state index in [9.17, 15) is 19.2 Å². The minimum atomic E-state index is -1.16. The third-order valence-corrected chi connectivity index (χ3v) is 5.39. The largest absolute Gasteiger partial charge is 0.449 e. The summed E-state index contributed by atoms with van der Waals surface area (Å²) >= 11 is 0. The first-order valence-corrected chi connectivity index (χ1v) is 10.1. The highest BCUT2D eigenvalue weighted by Crippen LogP contribution is 2.32. The van der Waals surface area contributed by atoms with Crippen LogP contribution >= 0.6 is 0 Å². The number of hydrogen-bond acceptors (Lipinski definition) is 7. The van der Waals surface area contributed by atoms with Crippen LogP contribution in [0.5, 0.6) is 0 Å². The van der Waals surface area contributed by atoms with E-state index in [0.717, 1.165) is 0 Å². The first-order valence-electron chi connectivity index (χ1n) is 10.1. The van der Waals surface area contributed by atoms with E-state index in [1.807, 2.05) is 0 Å². The zero-order valence-corrected chi connectivity index (χ0v) is 17.3. The number of nitrogens with one attached hydrogen (secondary N) is 1. The van der Waals surface area contributed by atoms with Gasteiger partial charge in [-0.05, 0) is 25.1 Å². The van der Waals surface area contributed by atoms with Crippen LogP contribution in [-0.4, -0.2) is 44.1 Å². The predicted octanol–water partition coefficient (Wildman–Crippen LogP) is 2.69. The molecular weight excluding hydrogens is 424 g/mol. The second kappa shape index (κ2) is 7.79. The Morgan fingerprint density at radius 3 is 2.45 bits per heavy atom. The molecule has 0 aliphatic heterocycles. The van der Waals surface area contributed by atoms with Crippen LogP contribution in [0.1, 0.15) is 49.1 Å². The van der Waals surface area contributed by atoms with Crippen molar-refractivity contribution in [3.63, 3.8) is 0 Å². The highest BCUT2D eigenvalue weighted by atomic mass is 16.5. The van der Waals surface area contributed by atoms with Gasteiger partial charge in [0, 0.05) is 22.9 Å². The van der Waals surface area contributed by atoms with E-state index in [1.54, 1.807) is 46.9 Å².